The van der Waals surface area contributed by atoms with Crippen molar-refractivity contribution in [2.45, 2.75) is 44.6 Å². The molecule has 1 aromatic carbocycles. The highest BCUT2D eigenvalue weighted by Crippen LogP contribution is 2.23. The fourth-order valence-electron chi connectivity index (χ4n) is 3.69. The average molecular weight is 354 g/mol. The van der Waals surface area contributed by atoms with Gasteiger partial charge in [-0.15, -0.1) is 0 Å². The van der Waals surface area contributed by atoms with Crippen molar-refractivity contribution < 1.29 is 9.18 Å². The summed E-state index contributed by atoms with van der Waals surface area (Å²) in [5, 5.41) is 2.82. The van der Waals surface area contributed by atoms with Crippen LogP contribution in [0.5, 0.6) is 0 Å². The number of benzene rings is 1. The van der Waals surface area contributed by atoms with E-state index in [1.54, 1.807) is 0 Å². The van der Waals surface area contributed by atoms with Crippen LogP contribution in [0, 0.1) is 5.82 Å². The lowest BCUT2D eigenvalue weighted by Crippen LogP contribution is -2.52. The van der Waals surface area contributed by atoms with Crippen molar-refractivity contribution in [3.05, 3.63) is 29.0 Å². The summed E-state index contributed by atoms with van der Waals surface area (Å²) in [6.07, 6.45) is 7.96. The molecule has 1 heterocycles. The number of hydrogen-bond acceptors (Lipinski definition) is 2. The van der Waals surface area contributed by atoms with Crippen LogP contribution in [0.1, 0.15) is 38.5 Å². The number of rotatable bonds is 2. The minimum atomic E-state index is -0.480. The molecule has 0 atom stereocenters. The van der Waals surface area contributed by atoms with Crippen LogP contribution in [0.2, 0.25) is 5.02 Å². The Labute approximate surface area is 147 Å². The van der Waals surface area contributed by atoms with Crippen LogP contribution in [-0.2, 0) is 0 Å². The highest BCUT2D eigenvalue weighted by atomic mass is 35.5. The highest BCUT2D eigenvalue weighted by molar-refractivity contribution is 6.31. The van der Waals surface area contributed by atoms with Crippen molar-refractivity contribution in [3.8, 4) is 0 Å². The van der Waals surface area contributed by atoms with Crippen molar-refractivity contribution in [3.63, 3.8) is 0 Å². The summed E-state index contributed by atoms with van der Waals surface area (Å²) in [5.41, 5.74) is 0.526. The molecule has 1 aliphatic heterocycles. The molecule has 6 heteroatoms. The second kappa shape index (κ2) is 8.17. The molecule has 24 heavy (non-hydrogen) atoms. The van der Waals surface area contributed by atoms with Gasteiger partial charge < -0.3 is 10.2 Å². The number of urea groups is 1. The maximum Gasteiger partial charge on any atom is 0.321 e. The van der Waals surface area contributed by atoms with Gasteiger partial charge >= 0.3 is 6.03 Å². The molecule has 0 radical (unpaired) electrons. The molecule has 4 nitrogen and oxygen atoms in total. The Morgan fingerprint density at radius 3 is 2.38 bits per heavy atom. The van der Waals surface area contributed by atoms with Gasteiger partial charge in [0.1, 0.15) is 5.82 Å². The third-order valence-electron chi connectivity index (χ3n) is 5.11. The SMILES string of the molecule is O=C(Nc1ccc(F)c(Cl)c1)N1CCN(C2CCCCCC2)CC1. The normalized spacial score (nSPS) is 20.7. The molecule has 1 saturated heterocycles. The quantitative estimate of drug-likeness (QED) is 0.802. The Hall–Kier alpha value is -1.33. The Bertz CT molecular complexity index is 567. The smallest absolute Gasteiger partial charge is 0.321 e. The monoisotopic (exact) mass is 353 g/mol. The highest BCUT2D eigenvalue weighted by Gasteiger charge is 2.26. The van der Waals surface area contributed by atoms with Crippen LogP contribution in [0.3, 0.4) is 0 Å². The molecule has 1 saturated carbocycles. The van der Waals surface area contributed by atoms with E-state index >= 15 is 0 Å². The van der Waals surface area contributed by atoms with E-state index in [-0.39, 0.29) is 11.1 Å². The minimum absolute atomic E-state index is 0.0194. The van der Waals surface area contributed by atoms with Gasteiger partial charge in [-0.1, -0.05) is 37.3 Å². The zero-order chi connectivity index (χ0) is 16.9. The molecule has 1 aliphatic carbocycles. The maximum absolute atomic E-state index is 13.2. The van der Waals surface area contributed by atoms with Gasteiger partial charge in [0.05, 0.1) is 5.02 Å². The predicted molar refractivity (Wildman–Crippen MR) is 95.1 cm³/mol. The van der Waals surface area contributed by atoms with Gasteiger partial charge in [-0.05, 0) is 31.0 Å². The Morgan fingerprint density at radius 1 is 1.08 bits per heavy atom. The number of nitrogens with zero attached hydrogens (tertiary/aromatic N) is 2. The molecule has 0 unspecified atom stereocenters. The molecule has 1 aromatic rings. The Kier molecular flexibility index (Phi) is 5.95. The van der Waals surface area contributed by atoms with Crippen LogP contribution in [0.15, 0.2) is 18.2 Å². The van der Waals surface area contributed by atoms with Crippen LogP contribution in [0.4, 0.5) is 14.9 Å². The first-order valence-corrected chi connectivity index (χ1v) is 9.26. The molecule has 0 bridgehead atoms. The molecule has 1 N–H and O–H groups in total. The van der Waals surface area contributed by atoms with E-state index in [9.17, 15) is 9.18 Å². The van der Waals surface area contributed by atoms with Crippen LogP contribution in [-0.4, -0.2) is 48.1 Å². The van der Waals surface area contributed by atoms with Gasteiger partial charge in [0, 0.05) is 37.9 Å². The number of anilines is 1. The largest absolute Gasteiger partial charge is 0.322 e. The summed E-state index contributed by atoms with van der Waals surface area (Å²) < 4.78 is 13.2. The summed E-state index contributed by atoms with van der Waals surface area (Å²) in [7, 11) is 0. The van der Waals surface area contributed by atoms with E-state index in [0.29, 0.717) is 11.7 Å². The summed E-state index contributed by atoms with van der Waals surface area (Å²) in [6, 6.07) is 4.78. The summed E-state index contributed by atoms with van der Waals surface area (Å²) in [5.74, 6) is -0.480. The zero-order valence-electron chi connectivity index (χ0n) is 13.9. The van der Waals surface area contributed by atoms with Crippen LogP contribution < -0.4 is 5.32 Å². The molecule has 3 rings (SSSR count). The number of carbonyl (C=O) groups excluding carboxylic acids is 1. The van der Waals surface area contributed by atoms with Crippen molar-refractivity contribution in [2.24, 2.45) is 0 Å². The first kappa shape index (κ1) is 17.5. The molecule has 2 fully saturated rings. The zero-order valence-corrected chi connectivity index (χ0v) is 14.7. The molecular weight excluding hydrogens is 329 g/mol. The van der Waals surface area contributed by atoms with Crippen molar-refractivity contribution in [1.82, 2.24) is 9.80 Å². The number of halogens is 2. The second-order valence-corrected chi connectivity index (χ2v) is 7.13. The average Bonchev–Trinajstić information content (AvgIpc) is 2.88. The Morgan fingerprint density at radius 2 is 1.75 bits per heavy atom. The number of amides is 2. The molecule has 2 amide bonds. The fourth-order valence-corrected chi connectivity index (χ4v) is 3.87. The van der Waals surface area contributed by atoms with Crippen LogP contribution in [0.25, 0.3) is 0 Å². The summed E-state index contributed by atoms with van der Waals surface area (Å²) in [6.45, 7) is 3.33. The molecular formula is C18H25ClFN3O. The fraction of sp³-hybridized carbons (Fsp3) is 0.611. The van der Waals surface area contributed by atoms with Gasteiger partial charge in [-0.2, -0.15) is 0 Å². The van der Waals surface area contributed by atoms with Crippen molar-refractivity contribution in [1.29, 1.82) is 0 Å². The van der Waals surface area contributed by atoms with Crippen molar-refractivity contribution in [2.75, 3.05) is 31.5 Å². The molecule has 132 valence electrons. The van der Waals surface area contributed by atoms with E-state index in [1.807, 2.05) is 4.90 Å². The lowest BCUT2D eigenvalue weighted by Gasteiger charge is -2.39. The van der Waals surface area contributed by atoms with Crippen LogP contribution >= 0.6 is 11.6 Å². The maximum atomic E-state index is 13.2. The van der Waals surface area contributed by atoms with E-state index in [2.05, 4.69) is 10.2 Å². The molecule has 0 aromatic heterocycles. The Balaban J connectivity index is 1.50. The number of hydrogen-bond donors (Lipinski definition) is 1. The first-order valence-electron chi connectivity index (χ1n) is 8.88. The first-order chi connectivity index (χ1) is 11.6. The second-order valence-electron chi connectivity index (χ2n) is 6.73. The van der Waals surface area contributed by atoms with Gasteiger partial charge in [-0.25, -0.2) is 9.18 Å². The predicted octanol–water partition coefficient (Wildman–Crippen LogP) is 4.35. The van der Waals surface area contributed by atoms with E-state index in [1.165, 1.54) is 56.7 Å². The van der Waals surface area contributed by atoms with Gasteiger partial charge in [0.2, 0.25) is 0 Å². The topological polar surface area (TPSA) is 35.6 Å². The van der Waals surface area contributed by atoms with E-state index in [4.69, 9.17) is 11.6 Å². The lowest BCUT2D eigenvalue weighted by molar-refractivity contribution is 0.105. The summed E-state index contributed by atoms with van der Waals surface area (Å²) in [4.78, 5) is 16.7. The molecule has 0 spiro atoms. The van der Waals surface area contributed by atoms with E-state index < -0.39 is 5.82 Å². The lowest BCUT2D eigenvalue weighted by atomic mass is 10.1. The third-order valence-corrected chi connectivity index (χ3v) is 5.40. The third kappa shape index (κ3) is 4.39. The standard InChI is InChI=1S/C18H25ClFN3O/c19-16-13-14(7-8-17(16)20)21-18(24)23-11-9-22(10-12-23)15-5-3-1-2-4-6-15/h7-8,13,15H,1-6,9-12H2,(H,21,24). The van der Waals surface area contributed by atoms with E-state index in [0.717, 1.165) is 26.2 Å². The molecule has 2 aliphatic rings. The number of piperazine rings is 1. The van der Waals surface area contributed by atoms with Gasteiger partial charge in [-0.3, -0.25) is 4.90 Å². The number of nitrogens with one attached hydrogen (secondary N) is 1. The van der Waals surface area contributed by atoms with Gasteiger partial charge in [0.15, 0.2) is 0 Å². The minimum Gasteiger partial charge on any atom is -0.322 e. The van der Waals surface area contributed by atoms with Gasteiger partial charge in [0.25, 0.3) is 0 Å². The number of carbonyl (C=O) groups is 1. The van der Waals surface area contributed by atoms with Crippen molar-refractivity contribution >= 4 is 23.3 Å². The summed E-state index contributed by atoms with van der Waals surface area (Å²) >= 11 is 5.75.